The largest absolute Gasteiger partial charge is 0.481 e. The third-order valence-corrected chi connectivity index (χ3v) is 10.1. The number of halogens is 2. The van der Waals surface area contributed by atoms with Crippen LogP contribution in [0.5, 0.6) is 0 Å². The van der Waals surface area contributed by atoms with Crippen molar-refractivity contribution in [2.24, 2.45) is 23.7 Å². The van der Waals surface area contributed by atoms with Crippen LogP contribution < -0.4 is 0 Å². The van der Waals surface area contributed by atoms with Crippen molar-refractivity contribution in [1.29, 1.82) is 0 Å². The molecule has 3 aromatic heterocycles. The summed E-state index contributed by atoms with van der Waals surface area (Å²) in [5.41, 5.74) is 1.59. The third kappa shape index (κ3) is 4.40. The first-order valence-electron chi connectivity index (χ1n) is 13.0. The molecule has 0 amide bonds. The van der Waals surface area contributed by atoms with Crippen LogP contribution in [0.2, 0.25) is 0 Å². The number of hydrogen-bond acceptors (Lipinski definition) is 5. The van der Waals surface area contributed by atoms with E-state index in [0.717, 1.165) is 41.4 Å². The Morgan fingerprint density at radius 1 is 1.05 bits per heavy atom. The van der Waals surface area contributed by atoms with Gasteiger partial charge in [0.2, 0.25) is 0 Å². The van der Waals surface area contributed by atoms with E-state index in [0.29, 0.717) is 0 Å². The maximum atomic E-state index is 15.1. The summed E-state index contributed by atoms with van der Waals surface area (Å²) >= 11 is 0. The molecule has 4 aromatic rings. The van der Waals surface area contributed by atoms with Gasteiger partial charge in [-0.05, 0) is 87.1 Å². The van der Waals surface area contributed by atoms with E-state index in [1.165, 1.54) is 36.5 Å². The Bertz CT molecular complexity index is 1690. The number of aromatic nitrogens is 3. The lowest BCUT2D eigenvalue weighted by atomic mass is 9.57. The van der Waals surface area contributed by atoms with Gasteiger partial charge in [0.1, 0.15) is 11.6 Å². The van der Waals surface area contributed by atoms with Gasteiger partial charge < -0.3 is 5.11 Å². The van der Waals surface area contributed by atoms with Crippen LogP contribution in [0.4, 0.5) is 8.78 Å². The van der Waals surface area contributed by atoms with Crippen molar-refractivity contribution in [3.8, 4) is 11.3 Å². The molecule has 3 fully saturated rings. The number of rotatable bonds is 6. The summed E-state index contributed by atoms with van der Waals surface area (Å²) in [6.45, 7) is 1.85. The average molecular weight is 552 g/mol. The van der Waals surface area contributed by atoms with Crippen molar-refractivity contribution in [2.45, 2.75) is 43.9 Å². The van der Waals surface area contributed by atoms with Gasteiger partial charge in [-0.15, -0.1) is 0 Å². The van der Waals surface area contributed by atoms with Gasteiger partial charge in [-0.3, -0.25) is 4.79 Å². The summed E-state index contributed by atoms with van der Waals surface area (Å²) in [6, 6.07) is 10.2. The Morgan fingerprint density at radius 2 is 1.74 bits per heavy atom. The van der Waals surface area contributed by atoms with Crippen LogP contribution in [0.1, 0.15) is 36.9 Å². The Labute approximate surface area is 224 Å². The molecule has 3 aliphatic carbocycles. The molecule has 2 bridgehead atoms. The highest BCUT2D eigenvalue weighted by Gasteiger charge is 2.47. The number of carbonyl (C=O) groups is 1. The first-order chi connectivity index (χ1) is 18.6. The molecule has 1 aromatic carbocycles. The summed E-state index contributed by atoms with van der Waals surface area (Å²) in [7, 11) is -4.08. The normalized spacial score (nSPS) is 22.8. The van der Waals surface area contributed by atoms with E-state index in [9.17, 15) is 22.7 Å². The maximum Gasteiger partial charge on any atom is 0.307 e. The predicted octanol–water partition coefficient (Wildman–Crippen LogP) is 5.60. The van der Waals surface area contributed by atoms with Gasteiger partial charge in [0.15, 0.2) is 5.65 Å². The first-order valence-corrected chi connectivity index (χ1v) is 14.4. The number of pyridine rings is 2. The molecular weight excluding hydrogens is 524 g/mol. The van der Waals surface area contributed by atoms with Crippen LogP contribution in [0.25, 0.3) is 22.3 Å². The van der Waals surface area contributed by atoms with Gasteiger partial charge in [-0.25, -0.2) is 31.1 Å². The lowest BCUT2D eigenvalue weighted by molar-refractivity contribution is -0.152. The fraction of sp³-hybridized carbons (Fsp3) is 0.345. The predicted molar refractivity (Wildman–Crippen MR) is 140 cm³/mol. The molecule has 10 heteroatoms. The first kappa shape index (κ1) is 25.6. The van der Waals surface area contributed by atoms with Crippen molar-refractivity contribution in [3.05, 3.63) is 77.8 Å². The molecule has 0 unspecified atom stereocenters. The van der Waals surface area contributed by atoms with Gasteiger partial charge in [0.05, 0.1) is 28.4 Å². The molecule has 2 atom stereocenters. The summed E-state index contributed by atoms with van der Waals surface area (Å²) in [5.74, 6) is -2.54. The van der Waals surface area contributed by atoms with E-state index in [1.54, 1.807) is 12.1 Å². The number of nitrogens with zero attached hydrogens (tertiary/aromatic N) is 3. The Morgan fingerprint density at radius 3 is 2.44 bits per heavy atom. The Hall–Kier alpha value is -3.66. The molecule has 7 rings (SSSR count). The molecule has 0 saturated heterocycles. The standard InChI is InChI=1S/C29H27F2N3O4S/c1-16-2-8-20(9-3-16)39(37,38)34-15-23(22-12-19(30)14-32-28(22)34)25-11-10-24(31)26(33-25)13-21-17-4-6-18(7-5-17)27(21)29(35)36/h2-3,8-12,14-15,17-18,21,27H,4-7,13H2,1H3,(H,35,36)/t17?,18?,21-,27-/m1/s1. The van der Waals surface area contributed by atoms with Crippen molar-refractivity contribution < 1.29 is 27.1 Å². The van der Waals surface area contributed by atoms with Gasteiger partial charge >= 0.3 is 5.97 Å². The van der Waals surface area contributed by atoms with Crippen molar-refractivity contribution >= 4 is 27.0 Å². The van der Waals surface area contributed by atoms with E-state index < -0.39 is 33.5 Å². The second kappa shape index (κ2) is 9.51. The SMILES string of the molecule is Cc1ccc(S(=O)(=O)n2cc(-c3ccc(F)c(C[C@@H]4C5CCC(CC5)[C@H]4C(=O)O)n3)c3cc(F)cnc32)cc1. The van der Waals surface area contributed by atoms with E-state index in [1.807, 2.05) is 6.92 Å². The zero-order valence-corrected chi connectivity index (χ0v) is 22.0. The number of hydrogen-bond donors (Lipinski definition) is 1. The molecule has 3 heterocycles. The minimum Gasteiger partial charge on any atom is -0.481 e. The third-order valence-electron chi connectivity index (χ3n) is 8.46. The van der Waals surface area contributed by atoms with Crippen LogP contribution >= 0.6 is 0 Å². The minimum atomic E-state index is -4.08. The maximum absolute atomic E-state index is 15.1. The van der Waals surface area contributed by atoms with Crippen molar-refractivity contribution in [1.82, 2.24) is 13.9 Å². The molecule has 3 aliphatic rings. The Kier molecular flexibility index (Phi) is 6.25. The zero-order valence-electron chi connectivity index (χ0n) is 21.2. The van der Waals surface area contributed by atoms with E-state index in [-0.39, 0.29) is 57.1 Å². The fourth-order valence-corrected chi connectivity index (χ4v) is 7.84. The van der Waals surface area contributed by atoms with Crippen molar-refractivity contribution in [3.63, 3.8) is 0 Å². The molecule has 0 radical (unpaired) electrons. The average Bonchev–Trinajstić information content (AvgIpc) is 3.30. The minimum absolute atomic E-state index is 0.0233. The molecular formula is C29H27F2N3O4S. The van der Waals surface area contributed by atoms with Gasteiger partial charge in [-0.2, -0.15) is 0 Å². The van der Waals surface area contributed by atoms with Crippen LogP contribution in [0.15, 0.2) is 59.8 Å². The van der Waals surface area contributed by atoms with Crippen LogP contribution in [-0.2, 0) is 21.2 Å². The van der Waals surface area contributed by atoms with Gasteiger partial charge in [0.25, 0.3) is 10.0 Å². The second-order valence-electron chi connectivity index (χ2n) is 10.7. The number of benzene rings is 1. The molecule has 0 spiro atoms. The molecule has 202 valence electrons. The fourth-order valence-electron chi connectivity index (χ4n) is 6.52. The topological polar surface area (TPSA) is 102 Å². The highest BCUT2D eigenvalue weighted by Crippen LogP contribution is 2.50. The molecule has 0 aliphatic heterocycles. The molecule has 3 saturated carbocycles. The number of aryl methyl sites for hydroxylation is 1. The molecule has 39 heavy (non-hydrogen) atoms. The smallest absolute Gasteiger partial charge is 0.307 e. The number of fused-ring (bicyclic) bond motifs is 4. The zero-order chi connectivity index (χ0) is 27.5. The van der Waals surface area contributed by atoms with Gasteiger partial charge in [-0.1, -0.05) is 17.7 Å². The van der Waals surface area contributed by atoms with Crippen LogP contribution in [0.3, 0.4) is 0 Å². The molecule has 7 nitrogen and oxygen atoms in total. The molecule has 1 N–H and O–H groups in total. The Balaban J connectivity index is 1.44. The quantitative estimate of drug-likeness (QED) is 0.335. The highest BCUT2D eigenvalue weighted by atomic mass is 32.2. The lowest BCUT2D eigenvalue weighted by Gasteiger charge is -2.46. The number of carboxylic acid groups (broad SMARTS) is 1. The van der Waals surface area contributed by atoms with Gasteiger partial charge in [0, 0.05) is 17.1 Å². The number of aliphatic carboxylic acids is 1. The highest BCUT2D eigenvalue weighted by molar-refractivity contribution is 7.90. The van der Waals surface area contributed by atoms with E-state index >= 15 is 4.39 Å². The van der Waals surface area contributed by atoms with Crippen LogP contribution in [-0.4, -0.2) is 33.4 Å². The van der Waals surface area contributed by atoms with E-state index in [4.69, 9.17) is 0 Å². The monoisotopic (exact) mass is 551 g/mol. The van der Waals surface area contributed by atoms with Crippen LogP contribution in [0, 0.1) is 42.2 Å². The lowest BCUT2D eigenvalue weighted by Crippen LogP contribution is -2.45. The number of carboxylic acids is 1. The summed E-state index contributed by atoms with van der Waals surface area (Å²) in [5, 5.41) is 10.1. The van der Waals surface area contributed by atoms with E-state index in [2.05, 4.69) is 9.97 Å². The summed E-state index contributed by atoms with van der Waals surface area (Å²) in [6.07, 6.45) is 6.05. The summed E-state index contributed by atoms with van der Waals surface area (Å²) in [4.78, 5) is 20.8. The second-order valence-corrected chi connectivity index (χ2v) is 12.5. The van der Waals surface area contributed by atoms with Crippen molar-refractivity contribution in [2.75, 3.05) is 0 Å². The summed E-state index contributed by atoms with van der Waals surface area (Å²) < 4.78 is 57.4.